The highest BCUT2D eigenvalue weighted by Crippen LogP contribution is 2.19. The number of pyridine rings is 8. The molecule has 36 nitrogen and oxygen atoms in total. The van der Waals surface area contributed by atoms with Crippen molar-refractivity contribution in [1.82, 2.24) is 64.5 Å². The Balaban J connectivity index is -0.000000112. The van der Waals surface area contributed by atoms with Crippen molar-refractivity contribution in [2.45, 2.75) is 97.9 Å². The fourth-order valence-corrected chi connectivity index (χ4v) is 10.6. The Labute approximate surface area is 806 Å². The maximum Gasteiger partial charge on any atom is 0.160 e. The standard InChI is InChI=1S/4C9H10N4S.4C8H7ClN2.4CH4N2S.4ClH.4H3N/c10-3-1-7-5-13-4-2-8(7)6-14-9(11)12;10-3-1-7-2-4-13-5-8(7)6-14-9(11)12;10-4-3-8-7(2-1-5-13-8)6-14-9(11)12;10-4-3-7-2-1-5-13-8(7)6-14-9(11)12;9-5-7-2-4-11-6-8(7)1-3-10;9-5-8-6-11-4-2-7(8)1-3-10;9-6-7-2-1-5-11-8(7)3-4-10;9-6-8-7(3-4-10)2-1-5-11-8;4*2-1(3)4;;;;;;;;/h2*2,4-5H,1,6H2,(H3,11,12);2*1-2,5H,3,6H2,(H3,11,12);2*2,4,6H,1,5H2;2*1-2,5H,3,6H2;4*(H4,2,3,4);4*1H;4*1H3. The molecule has 0 aliphatic heterocycles. The molecule has 124 heavy (non-hydrogen) atoms. The van der Waals surface area contributed by atoms with E-state index in [1.54, 1.807) is 80.4 Å². The molecule has 0 aliphatic carbocycles. The van der Waals surface area contributed by atoms with Crippen LogP contribution in [0.15, 0.2) is 147 Å². The van der Waals surface area contributed by atoms with Gasteiger partial charge in [-0.3, -0.25) is 61.5 Å². The average Bonchev–Trinajstić information content (AvgIpc) is 0.908. The molecule has 8 aromatic rings. The number of rotatable bonds is 20. The van der Waals surface area contributed by atoms with Crippen LogP contribution in [0.1, 0.15) is 89.5 Å². The summed E-state index contributed by atoms with van der Waals surface area (Å²) >= 11 is 43.8. The fourth-order valence-electron chi connectivity index (χ4n) is 7.31. The van der Waals surface area contributed by atoms with Crippen LogP contribution < -0.4 is 93.4 Å². The van der Waals surface area contributed by atoms with Gasteiger partial charge in [0, 0.05) is 115 Å². The summed E-state index contributed by atoms with van der Waals surface area (Å²) in [6.45, 7) is 0. The van der Waals surface area contributed by atoms with E-state index in [1.807, 2.05) is 72.8 Å². The van der Waals surface area contributed by atoms with E-state index >= 15 is 0 Å². The smallest absolute Gasteiger partial charge is 0.160 e. The maximum atomic E-state index is 8.58. The SMILES string of the molecule is Cl.Cl.Cl.Cl.N.N.N.N.N#CCc1cccnc1CCl.N#CCc1cccnc1CSC(=N)N.N#CCc1ccncc1CCl.N#CCc1ccncc1CSC(=N)N.N#CCc1cnccc1CCl.N#CCc1cnccc1CSC(=N)N.N#CCc1ncccc1CCl.N#CCc1ncccc1CSC(=N)N.NC(N)=S.NC(N)=S.NC(N)=S.NC(N)=S. The van der Waals surface area contributed by atoms with Crippen molar-refractivity contribution in [2.24, 2.45) is 68.8 Å². The molecule has 0 saturated carbocycles. The predicted molar refractivity (Wildman–Crippen MR) is 532 cm³/mol. The van der Waals surface area contributed by atoms with Gasteiger partial charge in [-0.2, -0.15) is 42.1 Å². The summed E-state index contributed by atoms with van der Waals surface area (Å²) in [5, 5.41) is 96.5. The molecule has 0 spiro atoms. The van der Waals surface area contributed by atoms with E-state index in [0.29, 0.717) is 97.9 Å². The summed E-state index contributed by atoms with van der Waals surface area (Å²) in [5.41, 5.74) is 72.4. The second kappa shape index (κ2) is 94.6. The van der Waals surface area contributed by atoms with Crippen LogP contribution in [-0.4, -0.2) is 81.0 Å². The van der Waals surface area contributed by atoms with Gasteiger partial charge in [0.25, 0.3) is 0 Å². The van der Waals surface area contributed by atoms with Crippen LogP contribution in [0.5, 0.6) is 0 Å². The first-order valence-electron chi connectivity index (χ1n) is 32.1. The summed E-state index contributed by atoms with van der Waals surface area (Å²) < 4.78 is 0. The number of hydrogen-bond acceptors (Lipinski definition) is 32. The van der Waals surface area contributed by atoms with Crippen LogP contribution in [-0.2, 0) is 97.9 Å². The lowest BCUT2D eigenvalue weighted by Crippen LogP contribution is -2.18. The molecule has 0 aromatic carbocycles. The lowest BCUT2D eigenvalue weighted by Gasteiger charge is -2.04. The number of nitrogens with two attached hydrogens (primary N) is 12. The number of hydrogen-bond donors (Lipinski definition) is 20. The van der Waals surface area contributed by atoms with E-state index in [-0.39, 0.29) is 115 Å². The Morgan fingerprint density at radius 3 is 0.847 bits per heavy atom. The number of nitrogens with zero attached hydrogens (tertiary/aromatic N) is 16. The monoisotopic (exact) mass is 2000 g/mol. The van der Waals surface area contributed by atoms with Crippen molar-refractivity contribution in [3.05, 3.63) is 237 Å². The van der Waals surface area contributed by atoms with E-state index in [9.17, 15) is 0 Å². The Morgan fingerprint density at radius 2 is 0.508 bits per heavy atom. The molecular formula is C72H100Cl8N36S8. The molecule has 0 fully saturated rings. The molecule has 0 atom stereocenters. The van der Waals surface area contributed by atoms with E-state index in [0.717, 1.165) is 89.5 Å². The fraction of sp³-hybridized carbons (Fsp3) is 0.222. The number of nitrogens with one attached hydrogen (secondary N) is 4. The molecule has 0 radical (unpaired) electrons. The average molecular weight is 2010 g/mol. The van der Waals surface area contributed by atoms with Crippen molar-refractivity contribution >= 4 is 233 Å². The van der Waals surface area contributed by atoms with Crippen LogP contribution in [0.4, 0.5) is 0 Å². The third-order valence-corrected chi connectivity index (χ3v) is 16.3. The van der Waals surface area contributed by atoms with Crippen LogP contribution >= 0.6 is 192 Å². The molecule has 8 heterocycles. The zero-order chi connectivity index (χ0) is 88.3. The molecular weight excluding hydrogens is 1910 g/mol. The molecule has 0 amide bonds. The highest BCUT2D eigenvalue weighted by Gasteiger charge is 2.08. The van der Waals surface area contributed by atoms with Gasteiger partial charge >= 0.3 is 0 Å². The summed E-state index contributed by atoms with van der Waals surface area (Å²) in [6, 6.07) is 38.6. The quantitative estimate of drug-likeness (QED) is 0.0146. The first-order chi connectivity index (χ1) is 55.4. The van der Waals surface area contributed by atoms with Crippen molar-refractivity contribution < 1.29 is 0 Å². The maximum absolute atomic E-state index is 8.58. The first-order valence-corrected chi connectivity index (χ1v) is 39.8. The van der Waals surface area contributed by atoms with E-state index in [1.165, 1.54) is 47.0 Å². The van der Waals surface area contributed by atoms with Gasteiger partial charge in [-0.15, -0.1) is 96.0 Å². The normalized spacial score (nSPS) is 8.23. The third-order valence-electron chi connectivity index (χ3n) is 12.1. The highest BCUT2D eigenvalue weighted by atomic mass is 35.5. The van der Waals surface area contributed by atoms with Gasteiger partial charge in [0.15, 0.2) is 41.1 Å². The Bertz CT molecular complexity index is 4100. The Hall–Kier alpha value is -10.7. The van der Waals surface area contributed by atoms with Gasteiger partial charge in [-0.25, -0.2) is 0 Å². The number of alkyl halides is 4. The van der Waals surface area contributed by atoms with Gasteiger partial charge in [0.1, 0.15) is 0 Å². The summed E-state index contributed by atoms with van der Waals surface area (Å²) in [7, 11) is 0. The topological polar surface area (TPSA) is 841 Å². The number of halogens is 8. The third kappa shape index (κ3) is 81.0. The number of aromatic nitrogens is 8. The zero-order valence-corrected chi connectivity index (χ0v) is 79.3. The van der Waals surface area contributed by atoms with Crippen LogP contribution in [0.3, 0.4) is 0 Å². The molecule has 0 unspecified atom stereocenters. The van der Waals surface area contributed by atoms with E-state index < -0.39 is 0 Å². The summed E-state index contributed by atoms with van der Waals surface area (Å²) in [5.74, 6) is 4.02. The van der Waals surface area contributed by atoms with Gasteiger partial charge in [-0.05, 0) is 164 Å². The van der Waals surface area contributed by atoms with Gasteiger partial charge < -0.3 is 93.4 Å². The molecule has 40 N–H and O–H groups in total. The number of thiocarbonyl (C=S) groups is 4. The lowest BCUT2D eigenvalue weighted by atomic mass is 10.1. The second-order valence-corrected chi connectivity index (χ2v) is 27.5. The lowest BCUT2D eigenvalue weighted by molar-refractivity contribution is 1.07. The number of amidine groups is 4. The van der Waals surface area contributed by atoms with Gasteiger partial charge in [0.2, 0.25) is 0 Å². The van der Waals surface area contributed by atoms with Crippen molar-refractivity contribution in [3.8, 4) is 48.6 Å². The van der Waals surface area contributed by atoms with Crippen molar-refractivity contribution in [2.75, 3.05) is 0 Å². The van der Waals surface area contributed by atoms with E-state index in [4.69, 9.17) is 133 Å². The summed E-state index contributed by atoms with van der Waals surface area (Å²) in [4.78, 5) is 32.0. The predicted octanol–water partition coefficient (Wildman–Crippen LogP) is 11.7. The van der Waals surface area contributed by atoms with Gasteiger partial charge in [-0.1, -0.05) is 71.3 Å². The summed E-state index contributed by atoms with van der Waals surface area (Å²) in [6.07, 6.45) is 23.0. The molecule has 8 aromatic heterocycles. The Morgan fingerprint density at radius 1 is 0.274 bits per heavy atom. The number of nitriles is 8. The molecule has 0 saturated heterocycles. The minimum Gasteiger partial charge on any atom is -0.379 e. The number of thioether (sulfide) groups is 4. The first kappa shape index (κ1) is 139. The van der Waals surface area contributed by atoms with Crippen LogP contribution in [0, 0.1) is 112 Å². The van der Waals surface area contributed by atoms with Crippen LogP contribution in [0.25, 0.3) is 0 Å². The van der Waals surface area contributed by atoms with Crippen molar-refractivity contribution in [1.29, 1.82) is 63.7 Å². The Kier molecular flexibility index (Phi) is 106. The minimum atomic E-state index is 0. The molecule has 672 valence electrons. The molecule has 8 rings (SSSR count). The van der Waals surface area contributed by atoms with Crippen molar-refractivity contribution in [3.63, 3.8) is 0 Å². The zero-order valence-electron chi connectivity index (χ0n) is 66.5. The highest BCUT2D eigenvalue weighted by molar-refractivity contribution is 8.13. The van der Waals surface area contributed by atoms with Crippen LogP contribution in [0.2, 0.25) is 0 Å². The largest absolute Gasteiger partial charge is 0.379 e. The molecule has 0 bridgehead atoms. The minimum absolute atomic E-state index is 0. The molecule has 0 aliphatic rings. The van der Waals surface area contributed by atoms with E-state index in [2.05, 4.69) is 177 Å². The molecule has 52 heteroatoms. The second-order valence-electron chi connectivity index (χ2n) is 20.4. The van der Waals surface area contributed by atoms with Gasteiger partial charge in [0.05, 0.1) is 129 Å².